The van der Waals surface area contributed by atoms with E-state index >= 15 is 0 Å². The van der Waals surface area contributed by atoms with E-state index in [0.717, 1.165) is 5.69 Å². The van der Waals surface area contributed by atoms with Crippen molar-refractivity contribution in [1.82, 2.24) is 0 Å². The predicted octanol–water partition coefficient (Wildman–Crippen LogP) is 4.79. The number of carbonyl (C=O) groups excluding carboxylic acids is 2. The molecule has 1 aliphatic rings. The number of hydrogen-bond donors (Lipinski definition) is 1. The highest BCUT2D eigenvalue weighted by atomic mass is 16.5. The molecule has 0 aromatic heterocycles. The van der Waals surface area contributed by atoms with Gasteiger partial charge < -0.3 is 24.2 Å². The number of aliphatic hydroxyl groups is 1. The molecule has 0 radical (unpaired) electrons. The van der Waals surface area contributed by atoms with Gasteiger partial charge in [0.2, 0.25) is 0 Å². The minimum atomic E-state index is -0.891. The number of ether oxygens (including phenoxy) is 3. The molecule has 8 heteroatoms. The van der Waals surface area contributed by atoms with Crippen LogP contribution in [0.15, 0.2) is 72.3 Å². The SMILES string of the molecule is CCOc1cccc(C2/C(=C(\O)c3ccc(OC)cc3OC)C(=O)C(=O)N2c2ccc(N(C)C)cc2)c1. The van der Waals surface area contributed by atoms with Crippen LogP contribution in [0.5, 0.6) is 17.2 Å². The van der Waals surface area contributed by atoms with E-state index in [9.17, 15) is 14.7 Å². The minimum absolute atomic E-state index is 0.0428. The Kier molecular flexibility index (Phi) is 7.38. The summed E-state index contributed by atoms with van der Waals surface area (Å²) in [5, 5.41) is 11.5. The zero-order valence-electron chi connectivity index (χ0n) is 21.5. The molecule has 1 fully saturated rings. The van der Waals surface area contributed by atoms with E-state index in [1.807, 2.05) is 38.1 Å². The molecule has 3 aromatic carbocycles. The fraction of sp³-hybridized carbons (Fsp3) is 0.241. The van der Waals surface area contributed by atoms with E-state index < -0.39 is 17.7 Å². The Labute approximate surface area is 216 Å². The first-order valence-corrected chi connectivity index (χ1v) is 11.8. The molecule has 1 amide bonds. The van der Waals surface area contributed by atoms with Crippen molar-refractivity contribution < 1.29 is 28.9 Å². The van der Waals surface area contributed by atoms with Crippen LogP contribution in [0, 0.1) is 0 Å². The van der Waals surface area contributed by atoms with Gasteiger partial charge in [-0.2, -0.15) is 0 Å². The summed E-state index contributed by atoms with van der Waals surface area (Å²) in [6, 6.07) is 18.5. The smallest absolute Gasteiger partial charge is 0.300 e. The lowest BCUT2D eigenvalue weighted by molar-refractivity contribution is -0.132. The number of ketones is 1. The summed E-state index contributed by atoms with van der Waals surface area (Å²) >= 11 is 0. The lowest BCUT2D eigenvalue weighted by Gasteiger charge is -2.26. The van der Waals surface area contributed by atoms with E-state index in [0.29, 0.717) is 35.1 Å². The molecule has 0 aliphatic carbocycles. The number of Topliss-reactive ketones (excluding diaryl/α,β-unsaturated/α-hetero) is 1. The number of aliphatic hydroxyl groups excluding tert-OH is 1. The van der Waals surface area contributed by atoms with Crippen molar-refractivity contribution in [2.75, 3.05) is 44.7 Å². The van der Waals surface area contributed by atoms with E-state index in [1.165, 1.54) is 19.1 Å². The Hall–Kier alpha value is -4.46. The Morgan fingerprint density at radius 1 is 0.946 bits per heavy atom. The summed E-state index contributed by atoms with van der Waals surface area (Å²) in [6.45, 7) is 2.33. The Bertz CT molecular complexity index is 1350. The number of benzene rings is 3. The second-order valence-electron chi connectivity index (χ2n) is 8.65. The number of anilines is 2. The lowest BCUT2D eigenvalue weighted by Crippen LogP contribution is -2.29. The summed E-state index contributed by atoms with van der Waals surface area (Å²) in [6.07, 6.45) is 0. The maximum Gasteiger partial charge on any atom is 0.300 e. The summed E-state index contributed by atoms with van der Waals surface area (Å²) in [5.41, 5.74) is 2.32. The molecular weight excluding hydrogens is 472 g/mol. The Morgan fingerprint density at radius 3 is 2.30 bits per heavy atom. The van der Waals surface area contributed by atoms with Crippen LogP contribution in [-0.4, -0.2) is 51.7 Å². The van der Waals surface area contributed by atoms with Crippen molar-refractivity contribution in [2.45, 2.75) is 13.0 Å². The summed E-state index contributed by atoms with van der Waals surface area (Å²) < 4.78 is 16.4. The van der Waals surface area contributed by atoms with Gasteiger partial charge in [-0.15, -0.1) is 0 Å². The second kappa shape index (κ2) is 10.7. The number of rotatable bonds is 8. The van der Waals surface area contributed by atoms with Gasteiger partial charge in [0, 0.05) is 31.5 Å². The number of hydrogen-bond acceptors (Lipinski definition) is 7. The lowest BCUT2D eigenvalue weighted by atomic mass is 9.94. The summed E-state index contributed by atoms with van der Waals surface area (Å²) in [5.74, 6) is -0.444. The van der Waals surface area contributed by atoms with Crippen molar-refractivity contribution in [1.29, 1.82) is 0 Å². The average molecular weight is 503 g/mol. The van der Waals surface area contributed by atoms with Crippen LogP contribution in [-0.2, 0) is 9.59 Å². The zero-order valence-corrected chi connectivity index (χ0v) is 21.5. The largest absolute Gasteiger partial charge is 0.507 e. The molecular formula is C29H30N2O6. The van der Waals surface area contributed by atoms with E-state index in [2.05, 4.69) is 0 Å². The molecule has 192 valence electrons. The molecule has 8 nitrogen and oxygen atoms in total. The van der Waals surface area contributed by atoms with Gasteiger partial charge >= 0.3 is 0 Å². The van der Waals surface area contributed by atoms with Crippen LogP contribution >= 0.6 is 0 Å². The third-order valence-electron chi connectivity index (χ3n) is 6.24. The molecule has 0 spiro atoms. The monoisotopic (exact) mass is 502 g/mol. The number of carbonyl (C=O) groups is 2. The molecule has 1 heterocycles. The van der Waals surface area contributed by atoms with Gasteiger partial charge in [-0.05, 0) is 61.0 Å². The first kappa shape index (κ1) is 25.6. The van der Waals surface area contributed by atoms with Gasteiger partial charge in [0.15, 0.2) is 0 Å². The molecule has 1 N–H and O–H groups in total. The van der Waals surface area contributed by atoms with Crippen LogP contribution in [0.3, 0.4) is 0 Å². The van der Waals surface area contributed by atoms with Gasteiger partial charge in [0.05, 0.1) is 38.0 Å². The second-order valence-corrected chi connectivity index (χ2v) is 8.65. The highest BCUT2D eigenvalue weighted by Crippen LogP contribution is 2.44. The minimum Gasteiger partial charge on any atom is -0.507 e. The topological polar surface area (TPSA) is 88.5 Å². The molecule has 37 heavy (non-hydrogen) atoms. The predicted molar refractivity (Wildman–Crippen MR) is 143 cm³/mol. The highest BCUT2D eigenvalue weighted by Gasteiger charge is 2.47. The molecule has 0 saturated carbocycles. The van der Waals surface area contributed by atoms with Crippen LogP contribution < -0.4 is 24.0 Å². The molecule has 1 saturated heterocycles. The van der Waals surface area contributed by atoms with Crippen molar-refractivity contribution in [3.8, 4) is 17.2 Å². The first-order valence-electron chi connectivity index (χ1n) is 11.8. The van der Waals surface area contributed by atoms with Gasteiger partial charge in [-0.25, -0.2) is 0 Å². The molecule has 1 unspecified atom stereocenters. The van der Waals surface area contributed by atoms with Crippen LogP contribution in [0.1, 0.15) is 24.1 Å². The van der Waals surface area contributed by atoms with Crippen molar-refractivity contribution in [2.24, 2.45) is 0 Å². The van der Waals surface area contributed by atoms with Crippen LogP contribution in [0.4, 0.5) is 11.4 Å². The number of nitrogens with zero attached hydrogens (tertiary/aromatic N) is 2. The van der Waals surface area contributed by atoms with E-state index in [-0.39, 0.29) is 16.9 Å². The Morgan fingerprint density at radius 2 is 1.68 bits per heavy atom. The van der Waals surface area contributed by atoms with Gasteiger partial charge in [-0.3, -0.25) is 14.5 Å². The fourth-order valence-electron chi connectivity index (χ4n) is 4.41. The maximum atomic E-state index is 13.5. The van der Waals surface area contributed by atoms with E-state index in [1.54, 1.807) is 54.6 Å². The van der Waals surface area contributed by atoms with Crippen molar-refractivity contribution in [3.05, 3.63) is 83.4 Å². The molecule has 3 aromatic rings. The molecule has 1 aliphatic heterocycles. The van der Waals surface area contributed by atoms with Gasteiger partial charge in [0.25, 0.3) is 11.7 Å². The third-order valence-corrected chi connectivity index (χ3v) is 6.24. The fourth-order valence-corrected chi connectivity index (χ4v) is 4.41. The maximum absolute atomic E-state index is 13.5. The van der Waals surface area contributed by atoms with Crippen LogP contribution in [0.25, 0.3) is 5.76 Å². The number of amides is 1. The van der Waals surface area contributed by atoms with Crippen molar-refractivity contribution >= 4 is 28.8 Å². The quantitative estimate of drug-likeness (QED) is 0.269. The van der Waals surface area contributed by atoms with Crippen LogP contribution in [0.2, 0.25) is 0 Å². The number of methoxy groups -OCH3 is 2. The summed E-state index contributed by atoms with van der Waals surface area (Å²) in [4.78, 5) is 30.3. The first-order chi connectivity index (χ1) is 17.8. The van der Waals surface area contributed by atoms with Crippen molar-refractivity contribution in [3.63, 3.8) is 0 Å². The van der Waals surface area contributed by atoms with Gasteiger partial charge in [0.1, 0.15) is 23.0 Å². The Balaban J connectivity index is 1.94. The average Bonchev–Trinajstić information content (AvgIpc) is 3.18. The standard InChI is InChI=1S/C29H30N2O6/c1-6-37-22-9-7-8-18(16-22)26-25(27(32)23-15-14-21(35-4)17-24(23)36-5)28(33)29(34)31(26)20-12-10-19(11-13-20)30(2)3/h7-17,26,32H,6H2,1-5H3/b27-25+. The molecule has 0 bridgehead atoms. The van der Waals surface area contributed by atoms with E-state index in [4.69, 9.17) is 14.2 Å². The van der Waals surface area contributed by atoms with Gasteiger partial charge in [-0.1, -0.05) is 12.1 Å². The zero-order chi connectivity index (χ0) is 26.7. The normalized spacial score (nSPS) is 16.6. The molecule has 1 atom stereocenters. The summed E-state index contributed by atoms with van der Waals surface area (Å²) in [7, 11) is 6.82. The molecule has 4 rings (SSSR count). The highest BCUT2D eigenvalue weighted by molar-refractivity contribution is 6.51. The third kappa shape index (κ3) is 4.82.